The molecule has 0 saturated carbocycles. The van der Waals surface area contributed by atoms with Gasteiger partial charge < -0.3 is 20.5 Å². The minimum atomic E-state index is -0.517. The van der Waals surface area contributed by atoms with E-state index in [1.54, 1.807) is 36.4 Å². The van der Waals surface area contributed by atoms with E-state index in [0.29, 0.717) is 17.1 Å². The maximum absolute atomic E-state index is 11.8. The summed E-state index contributed by atoms with van der Waals surface area (Å²) in [7, 11) is 0. The Morgan fingerprint density at radius 2 is 1.81 bits per heavy atom. The van der Waals surface area contributed by atoms with Crippen molar-refractivity contribution in [3.63, 3.8) is 0 Å². The average Bonchev–Trinajstić information content (AvgIpc) is 2.41. The molecule has 0 spiro atoms. The van der Waals surface area contributed by atoms with Gasteiger partial charge in [0.05, 0.1) is 5.69 Å². The highest BCUT2D eigenvalue weighted by atomic mass is 16.5. The lowest BCUT2D eigenvalue weighted by atomic mass is 10.3. The number of phenolic OH excluding ortho intramolecular Hbond substituents is 1. The third-order valence-corrected chi connectivity index (χ3v) is 2.51. The number of rotatable bonds is 3. The van der Waals surface area contributed by atoms with Crippen molar-refractivity contribution in [3.8, 4) is 11.5 Å². The van der Waals surface area contributed by atoms with Crippen molar-refractivity contribution in [1.29, 1.82) is 0 Å². The number of carbonyl (C=O) groups excluding carboxylic acids is 2. The molecule has 21 heavy (non-hydrogen) atoms. The Labute approximate surface area is 121 Å². The van der Waals surface area contributed by atoms with Gasteiger partial charge in [0.2, 0.25) is 0 Å². The highest BCUT2D eigenvalue weighted by Gasteiger charge is 2.07. The number of urea groups is 1. The molecule has 6 nitrogen and oxygen atoms in total. The molecule has 0 saturated heterocycles. The second-order valence-corrected chi connectivity index (χ2v) is 4.22. The smallest absolute Gasteiger partial charge is 0.323 e. The third kappa shape index (κ3) is 4.24. The Kier molecular flexibility index (Phi) is 4.40. The summed E-state index contributed by atoms with van der Waals surface area (Å²) in [5.41, 5.74) is 0.757. The number of nitrogens with one attached hydrogen (secondary N) is 2. The topological polar surface area (TPSA) is 87.7 Å². The van der Waals surface area contributed by atoms with Crippen LogP contribution in [0.4, 0.5) is 16.2 Å². The number of aromatic hydroxyl groups is 1. The number of carbonyl (C=O) groups is 2. The van der Waals surface area contributed by atoms with Crippen LogP contribution < -0.4 is 15.4 Å². The molecule has 3 N–H and O–H groups in total. The third-order valence-electron chi connectivity index (χ3n) is 2.51. The van der Waals surface area contributed by atoms with Gasteiger partial charge in [0.25, 0.3) is 0 Å². The van der Waals surface area contributed by atoms with Crippen LogP contribution in [0, 0.1) is 0 Å². The van der Waals surface area contributed by atoms with Gasteiger partial charge in [-0.3, -0.25) is 4.79 Å². The maximum Gasteiger partial charge on any atom is 0.323 e. The predicted octanol–water partition coefficient (Wildman–Crippen LogP) is 2.96. The Morgan fingerprint density at radius 3 is 2.52 bits per heavy atom. The predicted molar refractivity (Wildman–Crippen MR) is 78.5 cm³/mol. The van der Waals surface area contributed by atoms with E-state index in [9.17, 15) is 14.7 Å². The molecule has 0 aromatic heterocycles. The zero-order chi connectivity index (χ0) is 15.2. The SMILES string of the molecule is CC(=O)Oc1cccc(NC(=O)Nc2ccccc2O)c1. The molecule has 2 aromatic rings. The summed E-state index contributed by atoms with van der Waals surface area (Å²) in [5.74, 6) is -0.130. The van der Waals surface area contributed by atoms with Crippen LogP contribution in [0.2, 0.25) is 0 Å². The van der Waals surface area contributed by atoms with Crippen molar-refractivity contribution in [2.24, 2.45) is 0 Å². The normalized spacial score (nSPS) is 9.76. The molecule has 0 unspecified atom stereocenters. The molecule has 0 aliphatic rings. The molecule has 0 heterocycles. The summed E-state index contributed by atoms with van der Waals surface area (Å²) in [6.07, 6.45) is 0. The summed E-state index contributed by atoms with van der Waals surface area (Å²) in [6.45, 7) is 1.30. The molecule has 0 atom stereocenters. The first kappa shape index (κ1) is 14.4. The molecule has 0 radical (unpaired) electrons. The number of ether oxygens (including phenoxy) is 1. The van der Waals surface area contributed by atoms with Crippen LogP contribution in [-0.4, -0.2) is 17.1 Å². The molecule has 2 amide bonds. The zero-order valence-corrected chi connectivity index (χ0v) is 11.3. The van der Waals surface area contributed by atoms with Gasteiger partial charge in [-0.2, -0.15) is 0 Å². The summed E-state index contributed by atoms with van der Waals surface area (Å²) >= 11 is 0. The van der Waals surface area contributed by atoms with Crippen molar-refractivity contribution in [3.05, 3.63) is 48.5 Å². The minimum Gasteiger partial charge on any atom is -0.506 e. The highest BCUT2D eigenvalue weighted by molar-refractivity contribution is 6.00. The number of esters is 1. The summed E-state index contributed by atoms with van der Waals surface area (Å²) in [4.78, 5) is 22.7. The standard InChI is InChI=1S/C15H14N2O4/c1-10(18)21-12-6-4-5-11(9-12)16-15(20)17-13-7-2-3-8-14(13)19/h2-9,19H,1H3,(H2,16,17,20). The van der Waals surface area contributed by atoms with E-state index < -0.39 is 12.0 Å². The largest absolute Gasteiger partial charge is 0.506 e. The van der Waals surface area contributed by atoms with Crippen LogP contribution in [0.25, 0.3) is 0 Å². The molecule has 108 valence electrons. The van der Waals surface area contributed by atoms with Crippen molar-refractivity contribution >= 4 is 23.4 Å². The molecule has 2 aromatic carbocycles. The van der Waals surface area contributed by atoms with Crippen LogP contribution in [0.3, 0.4) is 0 Å². The molecule has 2 rings (SSSR count). The first-order valence-corrected chi connectivity index (χ1v) is 6.19. The van der Waals surface area contributed by atoms with E-state index in [1.165, 1.54) is 19.1 Å². The number of anilines is 2. The van der Waals surface area contributed by atoms with Gasteiger partial charge in [-0.05, 0) is 24.3 Å². The summed E-state index contributed by atoms with van der Waals surface area (Å²) in [6, 6.07) is 12.3. The number of para-hydroxylation sites is 2. The number of amides is 2. The van der Waals surface area contributed by atoms with Crippen molar-refractivity contribution in [1.82, 2.24) is 0 Å². The van der Waals surface area contributed by atoms with E-state index >= 15 is 0 Å². The van der Waals surface area contributed by atoms with Crippen LogP contribution in [-0.2, 0) is 4.79 Å². The van der Waals surface area contributed by atoms with Crippen molar-refractivity contribution in [2.45, 2.75) is 6.92 Å². The number of phenols is 1. The fourth-order valence-electron chi connectivity index (χ4n) is 1.67. The molecule has 0 aliphatic heterocycles. The molecular weight excluding hydrogens is 272 g/mol. The Bertz CT molecular complexity index is 670. The summed E-state index contributed by atoms with van der Waals surface area (Å²) in [5, 5.41) is 14.7. The minimum absolute atomic E-state index is 0.0266. The van der Waals surface area contributed by atoms with E-state index in [4.69, 9.17) is 4.74 Å². The van der Waals surface area contributed by atoms with Gasteiger partial charge in [-0.25, -0.2) is 4.79 Å². The van der Waals surface area contributed by atoms with Gasteiger partial charge in [-0.1, -0.05) is 18.2 Å². The highest BCUT2D eigenvalue weighted by Crippen LogP contribution is 2.22. The molecule has 0 aliphatic carbocycles. The van der Waals surface area contributed by atoms with Gasteiger partial charge in [-0.15, -0.1) is 0 Å². The zero-order valence-electron chi connectivity index (χ0n) is 11.3. The first-order valence-electron chi connectivity index (χ1n) is 6.19. The van der Waals surface area contributed by atoms with E-state index in [1.807, 2.05) is 0 Å². The second kappa shape index (κ2) is 6.42. The van der Waals surface area contributed by atoms with Crippen LogP contribution in [0.5, 0.6) is 11.5 Å². The molecular formula is C15H14N2O4. The number of benzene rings is 2. The van der Waals surface area contributed by atoms with Crippen LogP contribution in [0.1, 0.15) is 6.92 Å². The molecule has 0 bridgehead atoms. The van der Waals surface area contributed by atoms with E-state index in [0.717, 1.165) is 0 Å². The lowest BCUT2D eigenvalue weighted by Gasteiger charge is -2.09. The Morgan fingerprint density at radius 1 is 1.05 bits per heavy atom. The van der Waals surface area contributed by atoms with Crippen LogP contribution in [0.15, 0.2) is 48.5 Å². The van der Waals surface area contributed by atoms with Gasteiger partial charge >= 0.3 is 12.0 Å². The van der Waals surface area contributed by atoms with Crippen LogP contribution >= 0.6 is 0 Å². The average molecular weight is 286 g/mol. The monoisotopic (exact) mass is 286 g/mol. The number of hydrogen-bond acceptors (Lipinski definition) is 4. The quantitative estimate of drug-likeness (QED) is 0.460. The van der Waals surface area contributed by atoms with Crippen molar-refractivity contribution < 1.29 is 19.4 Å². The molecule has 6 heteroatoms. The van der Waals surface area contributed by atoms with E-state index in [-0.39, 0.29) is 5.75 Å². The lowest BCUT2D eigenvalue weighted by molar-refractivity contribution is -0.131. The van der Waals surface area contributed by atoms with Crippen molar-refractivity contribution in [2.75, 3.05) is 10.6 Å². The second-order valence-electron chi connectivity index (χ2n) is 4.22. The maximum atomic E-state index is 11.8. The fraction of sp³-hybridized carbons (Fsp3) is 0.0667. The lowest BCUT2D eigenvalue weighted by Crippen LogP contribution is -2.19. The Hall–Kier alpha value is -3.02. The first-order chi connectivity index (χ1) is 10.0. The van der Waals surface area contributed by atoms with Gasteiger partial charge in [0.15, 0.2) is 0 Å². The van der Waals surface area contributed by atoms with Gasteiger partial charge in [0, 0.05) is 18.7 Å². The molecule has 0 fully saturated rings. The van der Waals surface area contributed by atoms with E-state index in [2.05, 4.69) is 10.6 Å². The Balaban J connectivity index is 2.03. The number of hydrogen-bond donors (Lipinski definition) is 3. The summed E-state index contributed by atoms with van der Waals surface area (Å²) < 4.78 is 4.92. The van der Waals surface area contributed by atoms with Gasteiger partial charge in [0.1, 0.15) is 11.5 Å². The fourth-order valence-corrected chi connectivity index (χ4v) is 1.67.